The molecule has 1 nitrogen and oxygen atoms in total. The van der Waals surface area contributed by atoms with Crippen molar-refractivity contribution in [3.63, 3.8) is 0 Å². The molecule has 2 aromatic carbocycles. The van der Waals surface area contributed by atoms with Crippen LogP contribution in [0.25, 0.3) is 11.1 Å². The first kappa shape index (κ1) is 12.4. The number of halogens is 4. The van der Waals surface area contributed by atoms with Gasteiger partial charge in [-0.1, -0.05) is 18.2 Å². The molecule has 0 atom stereocenters. The molecule has 0 spiro atoms. The van der Waals surface area contributed by atoms with Gasteiger partial charge in [-0.3, -0.25) is 0 Å². The van der Waals surface area contributed by atoms with Crippen molar-refractivity contribution in [3.8, 4) is 11.1 Å². The normalized spacial score (nSPS) is 11.6. The molecule has 0 aliphatic rings. The zero-order chi connectivity index (χ0) is 13.3. The molecule has 2 rings (SSSR count). The molecule has 18 heavy (non-hydrogen) atoms. The summed E-state index contributed by atoms with van der Waals surface area (Å²) in [5.74, 6) is -0.586. The van der Waals surface area contributed by atoms with Crippen molar-refractivity contribution in [1.82, 2.24) is 0 Å². The van der Waals surface area contributed by atoms with Gasteiger partial charge in [0.05, 0.1) is 5.56 Å². The summed E-state index contributed by atoms with van der Waals surface area (Å²) in [5, 5.41) is 0. The molecule has 0 unspecified atom stereocenters. The highest BCUT2D eigenvalue weighted by Gasteiger charge is 2.33. The van der Waals surface area contributed by atoms with Crippen molar-refractivity contribution in [2.24, 2.45) is 0 Å². The molecule has 0 aromatic heterocycles. The molecular weight excluding hydrogens is 246 g/mol. The van der Waals surface area contributed by atoms with E-state index in [1.165, 1.54) is 30.3 Å². The van der Waals surface area contributed by atoms with Crippen LogP contribution in [0.15, 0.2) is 42.5 Å². The predicted octanol–water partition coefficient (Wildman–Crippen LogP) is 4.09. The van der Waals surface area contributed by atoms with Crippen molar-refractivity contribution in [3.05, 3.63) is 53.8 Å². The van der Waals surface area contributed by atoms with Crippen LogP contribution in [0.4, 0.5) is 23.2 Å². The molecule has 0 bridgehead atoms. The van der Waals surface area contributed by atoms with Gasteiger partial charge in [0.15, 0.2) is 0 Å². The molecule has 0 saturated carbocycles. The lowest BCUT2D eigenvalue weighted by Crippen LogP contribution is -2.08. The molecule has 0 aliphatic carbocycles. The number of hydrogen-bond acceptors (Lipinski definition) is 1. The number of nitrogens with two attached hydrogens (primary N) is 1. The molecule has 5 heteroatoms. The second kappa shape index (κ2) is 4.33. The van der Waals surface area contributed by atoms with Crippen LogP contribution in [0.3, 0.4) is 0 Å². The number of benzene rings is 2. The van der Waals surface area contributed by atoms with E-state index < -0.39 is 17.6 Å². The minimum atomic E-state index is -4.53. The Hall–Kier alpha value is -2.04. The third kappa shape index (κ3) is 2.45. The highest BCUT2D eigenvalue weighted by molar-refractivity contribution is 5.70. The minimum absolute atomic E-state index is 0.0162. The Kier molecular flexibility index (Phi) is 2.98. The Bertz CT molecular complexity index is 575. The topological polar surface area (TPSA) is 26.0 Å². The summed E-state index contributed by atoms with van der Waals surface area (Å²) in [6.45, 7) is 0. The molecule has 0 aliphatic heterocycles. The first-order chi connectivity index (χ1) is 8.38. The van der Waals surface area contributed by atoms with Crippen LogP contribution in [0.2, 0.25) is 0 Å². The second-order valence-corrected chi connectivity index (χ2v) is 3.81. The van der Waals surface area contributed by atoms with Crippen molar-refractivity contribution in [1.29, 1.82) is 0 Å². The lowest BCUT2D eigenvalue weighted by atomic mass is 9.98. The van der Waals surface area contributed by atoms with Crippen LogP contribution < -0.4 is 5.73 Å². The molecule has 0 saturated heterocycles. The number of nitrogen functional groups attached to an aromatic ring is 1. The van der Waals surface area contributed by atoms with E-state index in [0.717, 1.165) is 12.1 Å². The number of hydrogen-bond donors (Lipinski definition) is 1. The lowest BCUT2D eigenvalue weighted by Gasteiger charge is -2.13. The van der Waals surface area contributed by atoms with Crippen molar-refractivity contribution in [2.45, 2.75) is 6.18 Å². The van der Waals surface area contributed by atoms with Gasteiger partial charge in [0.2, 0.25) is 0 Å². The third-order valence-electron chi connectivity index (χ3n) is 2.48. The van der Waals surface area contributed by atoms with Gasteiger partial charge >= 0.3 is 6.18 Å². The molecule has 94 valence electrons. The molecule has 0 fully saturated rings. The van der Waals surface area contributed by atoms with E-state index in [1.54, 1.807) is 0 Å². The van der Waals surface area contributed by atoms with Crippen LogP contribution in [-0.2, 0) is 6.18 Å². The Balaban J connectivity index is 2.64. The Labute approximate surface area is 101 Å². The summed E-state index contributed by atoms with van der Waals surface area (Å²) < 4.78 is 51.7. The highest BCUT2D eigenvalue weighted by atomic mass is 19.4. The van der Waals surface area contributed by atoms with Crippen LogP contribution in [0.1, 0.15) is 5.56 Å². The molecule has 0 amide bonds. The van der Waals surface area contributed by atoms with Gasteiger partial charge in [-0.05, 0) is 35.4 Å². The quantitative estimate of drug-likeness (QED) is 0.602. The zero-order valence-electron chi connectivity index (χ0n) is 9.13. The van der Waals surface area contributed by atoms with E-state index in [2.05, 4.69) is 0 Å². The Morgan fingerprint density at radius 2 is 1.67 bits per heavy atom. The monoisotopic (exact) mass is 255 g/mol. The minimum Gasteiger partial charge on any atom is -0.399 e. The SMILES string of the molecule is Nc1ccc(-c2cccc(F)c2)c(C(F)(F)F)c1. The Morgan fingerprint density at radius 1 is 0.944 bits per heavy atom. The molecule has 0 heterocycles. The molecule has 0 radical (unpaired) electrons. The maximum atomic E-state index is 13.1. The highest BCUT2D eigenvalue weighted by Crippen LogP contribution is 2.38. The van der Waals surface area contributed by atoms with Crippen LogP contribution in [0.5, 0.6) is 0 Å². The first-order valence-corrected chi connectivity index (χ1v) is 5.10. The number of rotatable bonds is 1. The second-order valence-electron chi connectivity index (χ2n) is 3.81. The fraction of sp³-hybridized carbons (Fsp3) is 0.0769. The van der Waals surface area contributed by atoms with Crippen molar-refractivity contribution in [2.75, 3.05) is 5.73 Å². The largest absolute Gasteiger partial charge is 0.417 e. The first-order valence-electron chi connectivity index (χ1n) is 5.10. The van der Waals surface area contributed by atoms with Gasteiger partial charge in [-0.25, -0.2) is 4.39 Å². The summed E-state index contributed by atoms with van der Waals surface area (Å²) in [7, 11) is 0. The molecule has 2 N–H and O–H groups in total. The van der Waals surface area contributed by atoms with Crippen LogP contribution in [0, 0.1) is 5.82 Å². The summed E-state index contributed by atoms with van der Waals surface area (Å²) in [6.07, 6.45) is -4.53. The number of alkyl halides is 3. The third-order valence-corrected chi connectivity index (χ3v) is 2.48. The van der Waals surface area contributed by atoms with Crippen molar-refractivity contribution < 1.29 is 17.6 Å². The molecular formula is C13H9F4N. The van der Waals surface area contributed by atoms with E-state index in [-0.39, 0.29) is 16.8 Å². The fourth-order valence-corrected chi connectivity index (χ4v) is 1.70. The Morgan fingerprint density at radius 3 is 2.28 bits per heavy atom. The lowest BCUT2D eigenvalue weighted by molar-refractivity contribution is -0.137. The van der Waals surface area contributed by atoms with E-state index in [0.29, 0.717) is 0 Å². The summed E-state index contributed by atoms with van der Waals surface area (Å²) >= 11 is 0. The van der Waals surface area contributed by atoms with Gasteiger partial charge in [-0.2, -0.15) is 13.2 Å². The fourth-order valence-electron chi connectivity index (χ4n) is 1.70. The smallest absolute Gasteiger partial charge is 0.399 e. The zero-order valence-corrected chi connectivity index (χ0v) is 9.13. The van der Waals surface area contributed by atoms with Crippen LogP contribution >= 0.6 is 0 Å². The maximum Gasteiger partial charge on any atom is 0.417 e. The number of anilines is 1. The van der Waals surface area contributed by atoms with Gasteiger partial charge in [0, 0.05) is 5.69 Å². The summed E-state index contributed by atoms with van der Waals surface area (Å²) in [5.41, 5.74) is 4.59. The van der Waals surface area contributed by atoms with E-state index >= 15 is 0 Å². The van der Waals surface area contributed by atoms with E-state index in [9.17, 15) is 17.6 Å². The maximum absolute atomic E-state index is 13.1. The summed E-state index contributed by atoms with van der Waals surface area (Å²) in [4.78, 5) is 0. The molecule has 2 aromatic rings. The predicted molar refractivity (Wildman–Crippen MR) is 61.3 cm³/mol. The van der Waals surface area contributed by atoms with Gasteiger partial charge in [-0.15, -0.1) is 0 Å². The van der Waals surface area contributed by atoms with Crippen LogP contribution in [-0.4, -0.2) is 0 Å². The van der Waals surface area contributed by atoms with Gasteiger partial charge < -0.3 is 5.73 Å². The average Bonchev–Trinajstić information content (AvgIpc) is 2.27. The van der Waals surface area contributed by atoms with Gasteiger partial charge in [0.1, 0.15) is 5.82 Å². The standard InChI is InChI=1S/C13H9F4N/c14-9-3-1-2-8(6-9)11-5-4-10(18)7-12(11)13(15,16)17/h1-7H,18H2. The van der Waals surface area contributed by atoms with Crippen molar-refractivity contribution >= 4 is 5.69 Å². The van der Waals surface area contributed by atoms with Gasteiger partial charge in [0.25, 0.3) is 0 Å². The van der Waals surface area contributed by atoms with E-state index in [1.807, 2.05) is 0 Å². The average molecular weight is 255 g/mol. The van der Waals surface area contributed by atoms with E-state index in [4.69, 9.17) is 5.73 Å². The summed E-state index contributed by atoms with van der Waals surface area (Å²) in [6, 6.07) is 8.46.